The number of nitrogens with two attached hydrogens (primary N) is 1. The first-order chi connectivity index (χ1) is 13.0. The normalized spacial score (nSPS) is 16.0. The Hall–Kier alpha value is -2.34. The van der Waals surface area contributed by atoms with Crippen molar-refractivity contribution in [1.82, 2.24) is 9.78 Å². The van der Waals surface area contributed by atoms with Crippen LogP contribution in [0.5, 0.6) is 0 Å². The predicted octanol–water partition coefficient (Wildman–Crippen LogP) is 4.25. The van der Waals surface area contributed by atoms with E-state index in [1.165, 1.54) is 17.3 Å². The Bertz CT molecular complexity index is 1010. The van der Waals surface area contributed by atoms with Gasteiger partial charge < -0.3 is 11.1 Å². The molecule has 7 heteroatoms. The largest absolute Gasteiger partial charge is 0.327 e. The van der Waals surface area contributed by atoms with E-state index in [-0.39, 0.29) is 11.9 Å². The van der Waals surface area contributed by atoms with Gasteiger partial charge in [-0.05, 0) is 60.7 Å². The van der Waals surface area contributed by atoms with Crippen molar-refractivity contribution in [3.05, 3.63) is 75.5 Å². The van der Waals surface area contributed by atoms with E-state index >= 15 is 0 Å². The summed E-state index contributed by atoms with van der Waals surface area (Å²) in [6, 6.07) is 11.4. The molecule has 1 amide bonds. The first-order valence-electron chi connectivity index (χ1n) is 8.68. The third kappa shape index (κ3) is 3.86. The number of fused-ring (bicyclic) bond motifs is 1. The van der Waals surface area contributed by atoms with E-state index in [2.05, 4.69) is 10.4 Å². The Labute approximate surface area is 167 Å². The predicted molar refractivity (Wildman–Crippen MR) is 108 cm³/mol. The highest BCUT2D eigenvalue weighted by Gasteiger charge is 2.17. The number of carbonyl (C=O) groups is 1. The van der Waals surface area contributed by atoms with Gasteiger partial charge in [0, 0.05) is 17.9 Å². The highest BCUT2D eigenvalue weighted by Crippen LogP contribution is 2.25. The fraction of sp³-hybridized carbons (Fsp3) is 0.200. The van der Waals surface area contributed by atoms with Crippen molar-refractivity contribution in [2.45, 2.75) is 25.3 Å². The number of aryl methyl sites for hydroxylation is 1. The molecule has 3 aromatic rings. The molecule has 1 aliphatic rings. The molecule has 138 valence electrons. The maximum atomic E-state index is 12.6. The molecular formula is C20H18Cl2N4O. The van der Waals surface area contributed by atoms with Crippen LogP contribution in [0.1, 0.15) is 27.9 Å². The molecule has 1 aromatic heterocycles. The van der Waals surface area contributed by atoms with Crippen LogP contribution in [-0.2, 0) is 12.8 Å². The molecule has 0 aliphatic heterocycles. The average molecular weight is 401 g/mol. The van der Waals surface area contributed by atoms with E-state index in [0.29, 0.717) is 15.6 Å². The topological polar surface area (TPSA) is 72.9 Å². The summed E-state index contributed by atoms with van der Waals surface area (Å²) < 4.78 is 1.59. The summed E-state index contributed by atoms with van der Waals surface area (Å²) in [5.41, 5.74) is 10.5. The lowest BCUT2D eigenvalue weighted by Crippen LogP contribution is -2.27. The van der Waals surface area contributed by atoms with Crippen LogP contribution in [0.2, 0.25) is 10.0 Å². The van der Waals surface area contributed by atoms with E-state index in [4.69, 9.17) is 28.9 Å². The number of hydrogen-bond donors (Lipinski definition) is 2. The zero-order valence-corrected chi connectivity index (χ0v) is 16.0. The highest BCUT2D eigenvalue weighted by atomic mass is 35.5. The SMILES string of the molecule is NC1CCc2cc(NC(=O)c3cnn(-c4ccc(Cl)c(Cl)c4)c3)ccc2C1. The number of halogens is 2. The first-order valence-corrected chi connectivity index (χ1v) is 9.44. The number of aromatic nitrogens is 2. The van der Waals surface area contributed by atoms with Crippen molar-refractivity contribution in [3.63, 3.8) is 0 Å². The Morgan fingerprint density at radius 3 is 2.81 bits per heavy atom. The van der Waals surface area contributed by atoms with E-state index in [0.717, 1.165) is 30.6 Å². The molecule has 3 N–H and O–H groups in total. The van der Waals surface area contributed by atoms with E-state index in [1.807, 2.05) is 18.2 Å². The molecule has 1 atom stereocenters. The van der Waals surface area contributed by atoms with Gasteiger partial charge in [0.1, 0.15) is 0 Å². The number of rotatable bonds is 3. The smallest absolute Gasteiger partial charge is 0.258 e. The molecule has 0 radical (unpaired) electrons. The summed E-state index contributed by atoms with van der Waals surface area (Å²) >= 11 is 12.0. The van der Waals surface area contributed by atoms with Gasteiger partial charge in [0.25, 0.3) is 5.91 Å². The van der Waals surface area contributed by atoms with Crippen molar-refractivity contribution >= 4 is 34.8 Å². The Kier molecular flexibility index (Phi) is 4.91. The lowest BCUT2D eigenvalue weighted by Gasteiger charge is -2.22. The van der Waals surface area contributed by atoms with Crippen molar-refractivity contribution in [2.24, 2.45) is 5.73 Å². The highest BCUT2D eigenvalue weighted by molar-refractivity contribution is 6.42. The summed E-state index contributed by atoms with van der Waals surface area (Å²) in [6.45, 7) is 0. The third-order valence-electron chi connectivity index (χ3n) is 4.74. The van der Waals surface area contributed by atoms with E-state index < -0.39 is 0 Å². The lowest BCUT2D eigenvalue weighted by atomic mass is 9.88. The third-order valence-corrected chi connectivity index (χ3v) is 5.48. The Balaban J connectivity index is 1.51. The van der Waals surface area contributed by atoms with Crippen LogP contribution in [0, 0.1) is 0 Å². The Morgan fingerprint density at radius 2 is 2.00 bits per heavy atom. The molecule has 1 unspecified atom stereocenters. The average Bonchev–Trinajstić information content (AvgIpc) is 3.14. The number of nitrogens with zero attached hydrogens (tertiary/aromatic N) is 2. The fourth-order valence-electron chi connectivity index (χ4n) is 3.27. The Morgan fingerprint density at radius 1 is 1.15 bits per heavy atom. The van der Waals surface area contributed by atoms with E-state index in [9.17, 15) is 4.79 Å². The van der Waals surface area contributed by atoms with Crippen LogP contribution >= 0.6 is 23.2 Å². The molecule has 2 aromatic carbocycles. The summed E-state index contributed by atoms with van der Waals surface area (Å²) in [5, 5.41) is 8.08. The molecule has 0 spiro atoms. The van der Waals surface area contributed by atoms with Gasteiger partial charge in [-0.25, -0.2) is 4.68 Å². The fourth-order valence-corrected chi connectivity index (χ4v) is 3.57. The van der Waals surface area contributed by atoms with Gasteiger partial charge >= 0.3 is 0 Å². The van der Waals surface area contributed by atoms with Gasteiger partial charge in [-0.15, -0.1) is 0 Å². The van der Waals surface area contributed by atoms with Crippen molar-refractivity contribution < 1.29 is 4.79 Å². The van der Waals surface area contributed by atoms with Crippen molar-refractivity contribution in [3.8, 4) is 5.69 Å². The lowest BCUT2D eigenvalue weighted by molar-refractivity contribution is 0.102. The van der Waals surface area contributed by atoms with Crippen LogP contribution in [0.3, 0.4) is 0 Å². The molecule has 27 heavy (non-hydrogen) atoms. The van der Waals surface area contributed by atoms with Gasteiger partial charge in [0.05, 0.1) is 27.5 Å². The molecular weight excluding hydrogens is 383 g/mol. The van der Waals surface area contributed by atoms with Crippen LogP contribution < -0.4 is 11.1 Å². The number of benzene rings is 2. The summed E-state index contributed by atoms with van der Waals surface area (Å²) in [7, 11) is 0. The minimum atomic E-state index is -0.214. The molecule has 4 rings (SSSR count). The van der Waals surface area contributed by atoms with Gasteiger partial charge in [-0.2, -0.15) is 5.10 Å². The van der Waals surface area contributed by atoms with Crippen molar-refractivity contribution in [2.75, 3.05) is 5.32 Å². The zero-order chi connectivity index (χ0) is 19.0. The van der Waals surface area contributed by atoms with Gasteiger partial charge in [-0.1, -0.05) is 29.3 Å². The second-order valence-electron chi connectivity index (χ2n) is 6.71. The molecule has 1 aliphatic carbocycles. The number of carbonyl (C=O) groups excluding carboxylic acids is 1. The number of nitrogens with one attached hydrogen (secondary N) is 1. The number of amides is 1. The molecule has 0 saturated carbocycles. The van der Waals surface area contributed by atoms with Crippen LogP contribution in [0.15, 0.2) is 48.8 Å². The standard InChI is InChI=1S/C20H18Cl2N4O/c21-18-6-5-17(9-19(18)22)26-11-14(10-24-26)20(27)25-16-4-2-12-7-15(23)3-1-13(12)8-16/h2,4-6,8-11,15H,1,3,7,23H2,(H,25,27). The van der Waals surface area contributed by atoms with Gasteiger partial charge in [0.2, 0.25) is 0 Å². The molecule has 0 fully saturated rings. The quantitative estimate of drug-likeness (QED) is 0.689. The molecule has 1 heterocycles. The maximum absolute atomic E-state index is 12.6. The second kappa shape index (κ2) is 7.35. The monoisotopic (exact) mass is 400 g/mol. The maximum Gasteiger partial charge on any atom is 0.258 e. The van der Waals surface area contributed by atoms with Gasteiger partial charge in [-0.3, -0.25) is 4.79 Å². The van der Waals surface area contributed by atoms with Crippen LogP contribution in [0.25, 0.3) is 5.69 Å². The summed E-state index contributed by atoms with van der Waals surface area (Å²) in [6.07, 6.45) is 5.98. The minimum Gasteiger partial charge on any atom is -0.327 e. The van der Waals surface area contributed by atoms with E-state index in [1.54, 1.807) is 29.1 Å². The first kappa shape index (κ1) is 18.0. The van der Waals surface area contributed by atoms with Crippen molar-refractivity contribution in [1.29, 1.82) is 0 Å². The minimum absolute atomic E-state index is 0.214. The molecule has 0 bridgehead atoms. The number of hydrogen-bond acceptors (Lipinski definition) is 3. The number of anilines is 1. The summed E-state index contributed by atoms with van der Waals surface area (Å²) in [4.78, 5) is 12.6. The summed E-state index contributed by atoms with van der Waals surface area (Å²) in [5.74, 6) is -0.214. The molecule has 5 nitrogen and oxygen atoms in total. The molecule has 0 saturated heterocycles. The van der Waals surface area contributed by atoms with Crippen LogP contribution in [-0.4, -0.2) is 21.7 Å². The van der Waals surface area contributed by atoms with Gasteiger partial charge in [0.15, 0.2) is 0 Å². The zero-order valence-electron chi connectivity index (χ0n) is 14.5. The van der Waals surface area contributed by atoms with Crippen LogP contribution in [0.4, 0.5) is 5.69 Å². The second-order valence-corrected chi connectivity index (χ2v) is 7.53.